The van der Waals surface area contributed by atoms with Crippen LogP contribution in [0.3, 0.4) is 0 Å². The lowest BCUT2D eigenvalue weighted by atomic mass is 10.0. The van der Waals surface area contributed by atoms with Gasteiger partial charge in [-0.3, -0.25) is 14.3 Å². The Hall–Kier alpha value is -4.65. The Morgan fingerprint density at radius 2 is 1.89 bits per heavy atom. The van der Waals surface area contributed by atoms with Gasteiger partial charge in [0.25, 0.3) is 11.8 Å². The lowest BCUT2D eigenvalue weighted by Gasteiger charge is -2.14. The first-order valence-electron chi connectivity index (χ1n) is 13.8. The number of aromatic nitrogens is 3. The van der Waals surface area contributed by atoms with Crippen LogP contribution in [0, 0.1) is 13.8 Å². The first kappa shape index (κ1) is 30.8. The third-order valence-corrected chi connectivity index (χ3v) is 8.12. The van der Waals surface area contributed by atoms with Gasteiger partial charge in [0.05, 0.1) is 11.4 Å². The third-order valence-electron chi connectivity index (χ3n) is 7.02. The summed E-state index contributed by atoms with van der Waals surface area (Å²) in [6.07, 6.45) is -3.16. The summed E-state index contributed by atoms with van der Waals surface area (Å²) in [4.78, 5) is 29.4. The average molecular weight is 626 g/mol. The molecule has 0 bridgehead atoms. The number of halogens is 3. The van der Waals surface area contributed by atoms with Gasteiger partial charge < -0.3 is 20.2 Å². The normalized spacial score (nSPS) is 11.8. The number of fused-ring (bicyclic) bond motifs is 1. The maximum absolute atomic E-state index is 13.9. The molecule has 0 aliphatic heterocycles. The number of hydrogen-bond donors (Lipinski definition) is 2. The first-order chi connectivity index (χ1) is 20.8. The van der Waals surface area contributed by atoms with Crippen molar-refractivity contribution in [1.82, 2.24) is 14.8 Å². The summed E-state index contributed by atoms with van der Waals surface area (Å²) in [6.45, 7) is 10.1. The van der Waals surface area contributed by atoms with Crippen LogP contribution in [0.15, 0.2) is 47.0 Å². The zero-order valence-electron chi connectivity index (χ0n) is 24.6. The predicted octanol–water partition coefficient (Wildman–Crippen LogP) is 7.46. The van der Waals surface area contributed by atoms with Crippen LogP contribution in [-0.4, -0.2) is 26.6 Å². The van der Waals surface area contributed by atoms with Crippen LogP contribution in [0.5, 0.6) is 5.75 Å². The molecule has 230 valence electrons. The van der Waals surface area contributed by atoms with Crippen LogP contribution < -0.4 is 15.8 Å². The Labute approximate surface area is 254 Å². The third kappa shape index (κ3) is 6.05. The summed E-state index contributed by atoms with van der Waals surface area (Å²) in [6, 6.07) is 9.87. The number of benzene rings is 1. The highest BCUT2D eigenvalue weighted by Gasteiger charge is 2.35. The molecule has 5 aromatic rings. The fourth-order valence-corrected chi connectivity index (χ4v) is 5.85. The van der Waals surface area contributed by atoms with Crippen LogP contribution in [0.2, 0.25) is 0 Å². The van der Waals surface area contributed by atoms with Gasteiger partial charge in [-0.2, -0.15) is 18.3 Å². The Bertz CT molecular complexity index is 1890. The number of rotatable bonds is 9. The molecule has 0 atom stereocenters. The van der Waals surface area contributed by atoms with Crippen LogP contribution in [-0.2, 0) is 19.3 Å². The zero-order valence-corrected chi connectivity index (χ0v) is 25.4. The molecule has 13 heteroatoms. The van der Waals surface area contributed by atoms with E-state index in [0.29, 0.717) is 40.6 Å². The number of anilines is 1. The molecule has 9 nitrogen and oxygen atoms in total. The molecule has 44 heavy (non-hydrogen) atoms. The monoisotopic (exact) mass is 625 g/mol. The van der Waals surface area contributed by atoms with Crippen molar-refractivity contribution < 1.29 is 31.9 Å². The van der Waals surface area contributed by atoms with Gasteiger partial charge in [-0.05, 0) is 67.6 Å². The van der Waals surface area contributed by atoms with E-state index in [1.165, 1.54) is 6.07 Å². The minimum atomic E-state index is -4.76. The van der Waals surface area contributed by atoms with E-state index in [9.17, 15) is 22.8 Å². The molecule has 0 spiro atoms. The van der Waals surface area contributed by atoms with Crippen molar-refractivity contribution in [3.05, 3.63) is 81.5 Å². The lowest BCUT2D eigenvalue weighted by molar-refractivity contribution is -0.140. The molecule has 0 aliphatic rings. The topological polar surface area (TPSA) is 125 Å². The van der Waals surface area contributed by atoms with Crippen LogP contribution in [0.25, 0.3) is 21.3 Å². The standard InChI is InChI=1S/C31H30F3N5O4S/c1-6-39-13-21(17(5)38-39)20-12-24(31(32,33)34)36-30-25(20)26(27(44-30)28(35)40)37-29(41)22-10-8-18(43-22)14-42-23-11-16(4)7-9-19(23)15(2)3/h7-13,15H,6,14H2,1-5H3,(H2,35,40)(H,37,41). The van der Waals surface area contributed by atoms with Gasteiger partial charge in [-0.1, -0.05) is 26.0 Å². The second kappa shape index (κ2) is 11.8. The highest BCUT2D eigenvalue weighted by atomic mass is 32.1. The largest absolute Gasteiger partial charge is 0.485 e. The number of pyridine rings is 1. The van der Waals surface area contributed by atoms with E-state index >= 15 is 0 Å². The molecule has 0 saturated heterocycles. The molecule has 2 amide bonds. The van der Waals surface area contributed by atoms with Gasteiger partial charge in [0, 0.05) is 23.7 Å². The van der Waals surface area contributed by atoms with E-state index in [-0.39, 0.29) is 44.6 Å². The highest BCUT2D eigenvalue weighted by molar-refractivity contribution is 7.21. The van der Waals surface area contributed by atoms with Crippen molar-refractivity contribution in [3.8, 4) is 16.9 Å². The van der Waals surface area contributed by atoms with Crippen LogP contribution >= 0.6 is 11.3 Å². The number of hydrogen-bond acceptors (Lipinski definition) is 7. The van der Waals surface area contributed by atoms with Gasteiger partial charge in [0.15, 0.2) is 5.76 Å². The predicted molar refractivity (Wildman–Crippen MR) is 161 cm³/mol. The molecule has 0 fully saturated rings. The van der Waals surface area contributed by atoms with Crippen LogP contribution in [0.4, 0.5) is 18.9 Å². The van der Waals surface area contributed by atoms with Crippen LogP contribution in [0.1, 0.15) is 75.2 Å². The average Bonchev–Trinajstić information content (AvgIpc) is 3.68. The number of thiophene rings is 1. The van der Waals surface area contributed by atoms with E-state index in [2.05, 4.69) is 29.2 Å². The molecule has 5 rings (SSSR count). The summed E-state index contributed by atoms with van der Waals surface area (Å²) in [5.74, 6) is -0.451. The molecule has 1 aromatic carbocycles. The number of carbonyl (C=O) groups excluding carboxylic acids is 2. The fraction of sp³-hybridized carbons (Fsp3) is 0.290. The Morgan fingerprint density at radius 3 is 2.52 bits per heavy atom. The summed E-state index contributed by atoms with van der Waals surface area (Å²) >= 11 is 0.664. The second-order valence-electron chi connectivity index (χ2n) is 10.6. The number of carbonyl (C=O) groups is 2. The summed E-state index contributed by atoms with van der Waals surface area (Å²) < 4.78 is 55.0. The van der Waals surface area contributed by atoms with Gasteiger partial charge in [-0.25, -0.2) is 4.98 Å². The number of nitrogens with zero attached hydrogens (tertiary/aromatic N) is 3. The molecule has 4 heterocycles. The van der Waals surface area contributed by atoms with E-state index < -0.39 is 23.7 Å². The Kier molecular flexibility index (Phi) is 8.25. The Balaban J connectivity index is 1.52. The lowest BCUT2D eigenvalue weighted by Crippen LogP contribution is -2.16. The van der Waals surface area contributed by atoms with Crippen molar-refractivity contribution in [2.75, 3.05) is 5.32 Å². The number of furan rings is 1. The van der Waals surface area contributed by atoms with Crippen molar-refractivity contribution in [1.29, 1.82) is 0 Å². The highest BCUT2D eigenvalue weighted by Crippen LogP contribution is 2.44. The summed E-state index contributed by atoms with van der Waals surface area (Å²) in [5.41, 5.74) is 7.43. The maximum Gasteiger partial charge on any atom is 0.433 e. The number of nitrogens with one attached hydrogen (secondary N) is 1. The van der Waals surface area contributed by atoms with E-state index in [0.717, 1.165) is 17.2 Å². The minimum Gasteiger partial charge on any atom is -0.485 e. The van der Waals surface area contributed by atoms with Gasteiger partial charge in [0.1, 0.15) is 33.5 Å². The molecular weight excluding hydrogens is 595 g/mol. The van der Waals surface area contributed by atoms with Crippen molar-refractivity contribution in [2.24, 2.45) is 5.73 Å². The number of primary amides is 1. The fourth-order valence-electron chi connectivity index (χ4n) is 4.84. The smallest absolute Gasteiger partial charge is 0.433 e. The van der Waals surface area contributed by atoms with Gasteiger partial charge in [0.2, 0.25) is 0 Å². The number of nitrogens with two attached hydrogens (primary N) is 1. The summed E-state index contributed by atoms with van der Waals surface area (Å²) in [7, 11) is 0. The molecule has 0 saturated carbocycles. The number of aryl methyl sites for hydroxylation is 3. The molecule has 0 aliphatic carbocycles. The van der Waals surface area contributed by atoms with Crippen molar-refractivity contribution in [2.45, 2.75) is 59.9 Å². The van der Waals surface area contributed by atoms with Gasteiger partial charge in [-0.15, -0.1) is 11.3 Å². The quantitative estimate of drug-likeness (QED) is 0.175. The Morgan fingerprint density at radius 1 is 1.14 bits per heavy atom. The van der Waals surface area contributed by atoms with E-state index in [4.69, 9.17) is 14.9 Å². The molecule has 4 aromatic heterocycles. The van der Waals surface area contributed by atoms with Gasteiger partial charge >= 0.3 is 6.18 Å². The molecule has 0 radical (unpaired) electrons. The molecule has 3 N–H and O–H groups in total. The number of alkyl halides is 3. The molecule has 0 unspecified atom stereocenters. The molecular formula is C31H30F3N5O4S. The first-order valence-corrected chi connectivity index (χ1v) is 14.6. The zero-order chi connectivity index (χ0) is 31.9. The summed E-state index contributed by atoms with van der Waals surface area (Å²) in [5, 5.41) is 7.14. The van der Waals surface area contributed by atoms with E-state index in [1.807, 2.05) is 32.0 Å². The van der Waals surface area contributed by atoms with Crippen molar-refractivity contribution in [3.63, 3.8) is 0 Å². The van der Waals surface area contributed by atoms with E-state index in [1.54, 1.807) is 23.9 Å². The number of ether oxygens (including phenoxy) is 1. The second-order valence-corrected chi connectivity index (χ2v) is 11.6. The van der Waals surface area contributed by atoms with Crippen molar-refractivity contribution >= 4 is 39.1 Å². The maximum atomic E-state index is 13.9. The minimum absolute atomic E-state index is 0.0549. The SMILES string of the molecule is CCn1cc(-c2cc(C(F)(F)F)nc3sc(C(N)=O)c(NC(=O)c4ccc(COc5cc(C)ccc5C(C)C)o4)c23)c(C)n1. The number of amides is 2.